The molecule has 1 aromatic heterocycles. The zero-order valence-corrected chi connectivity index (χ0v) is 12.5. The van der Waals surface area contributed by atoms with E-state index in [0.717, 1.165) is 6.42 Å². The van der Waals surface area contributed by atoms with Crippen LogP contribution in [0, 0.1) is 12.8 Å². The van der Waals surface area contributed by atoms with Crippen molar-refractivity contribution in [2.75, 3.05) is 19.3 Å². The van der Waals surface area contributed by atoms with E-state index in [9.17, 15) is 8.42 Å². The smallest absolute Gasteiger partial charge is 0.248 e. The number of aryl methyl sites for hydroxylation is 1. The molecule has 0 amide bonds. The molecule has 0 bridgehead atoms. The fourth-order valence-electron chi connectivity index (χ4n) is 1.76. The molecule has 0 aliphatic carbocycles. The maximum Gasteiger partial charge on any atom is 0.248 e. The fourth-order valence-corrected chi connectivity index (χ4v) is 3.33. The second-order valence-electron chi connectivity index (χ2n) is 4.72. The lowest BCUT2D eigenvalue weighted by Gasteiger charge is -2.20. The molecule has 0 spiro atoms. The summed E-state index contributed by atoms with van der Waals surface area (Å²) in [5, 5.41) is 3.95. The van der Waals surface area contributed by atoms with Gasteiger partial charge in [0.25, 0.3) is 0 Å². The van der Waals surface area contributed by atoms with E-state index >= 15 is 0 Å². The quantitative estimate of drug-likeness (QED) is 0.867. The molecule has 1 atom stereocenters. The Hall–Kier alpha value is -1.08. The number of hydrogen-bond acceptors (Lipinski definition) is 4. The minimum Gasteiger partial charge on any atom is -0.381 e. The molecule has 18 heavy (non-hydrogen) atoms. The van der Waals surface area contributed by atoms with Crippen LogP contribution in [-0.2, 0) is 17.1 Å². The van der Waals surface area contributed by atoms with Gasteiger partial charge in [0.2, 0.25) is 10.0 Å². The van der Waals surface area contributed by atoms with Crippen molar-refractivity contribution in [2.45, 2.75) is 32.1 Å². The van der Waals surface area contributed by atoms with Crippen molar-refractivity contribution in [2.24, 2.45) is 13.0 Å². The van der Waals surface area contributed by atoms with Crippen LogP contribution in [0.15, 0.2) is 4.90 Å². The molecule has 1 rings (SSSR count). The molecule has 0 aliphatic rings. The van der Waals surface area contributed by atoms with Crippen molar-refractivity contribution in [1.29, 1.82) is 0 Å². The van der Waals surface area contributed by atoms with Gasteiger partial charge in [-0.3, -0.25) is 4.68 Å². The standard InChI is InChI=1S/C11H22N4O2S/c1-6-8(2)7-14(4)18(16,17)10-9(3)15(5)13-11(10)12/h8H,6-7H2,1-5H3,(H2,12,13). The molecule has 1 heterocycles. The average molecular weight is 274 g/mol. The Labute approximate surface area is 109 Å². The molecular formula is C11H22N4O2S. The first-order chi connectivity index (χ1) is 8.21. The number of rotatable bonds is 5. The van der Waals surface area contributed by atoms with Crippen molar-refractivity contribution in [3.63, 3.8) is 0 Å². The van der Waals surface area contributed by atoms with E-state index < -0.39 is 10.0 Å². The molecule has 0 aromatic carbocycles. The summed E-state index contributed by atoms with van der Waals surface area (Å²) in [4.78, 5) is 0.121. The van der Waals surface area contributed by atoms with E-state index in [1.54, 1.807) is 21.0 Å². The van der Waals surface area contributed by atoms with Crippen LogP contribution in [0.5, 0.6) is 0 Å². The summed E-state index contributed by atoms with van der Waals surface area (Å²) in [7, 11) is -0.303. The van der Waals surface area contributed by atoms with Gasteiger partial charge in [-0.2, -0.15) is 5.10 Å². The van der Waals surface area contributed by atoms with Crippen LogP contribution in [0.4, 0.5) is 5.82 Å². The van der Waals surface area contributed by atoms with E-state index in [4.69, 9.17) is 5.73 Å². The van der Waals surface area contributed by atoms with Crippen LogP contribution in [0.2, 0.25) is 0 Å². The van der Waals surface area contributed by atoms with Crippen molar-refractivity contribution in [1.82, 2.24) is 14.1 Å². The van der Waals surface area contributed by atoms with Crippen LogP contribution >= 0.6 is 0 Å². The zero-order valence-electron chi connectivity index (χ0n) is 11.6. The SMILES string of the molecule is CCC(C)CN(C)S(=O)(=O)c1c(N)nn(C)c1C. The van der Waals surface area contributed by atoms with E-state index in [1.165, 1.54) is 8.99 Å². The fraction of sp³-hybridized carbons (Fsp3) is 0.727. The van der Waals surface area contributed by atoms with Crippen LogP contribution < -0.4 is 5.73 Å². The van der Waals surface area contributed by atoms with Gasteiger partial charge >= 0.3 is 0 Å². The molecule has 0 saturated carbocycles. The summed E-state index contributed by atoms with van der Waals surface area (Å²) in [6.07, 6.45) is 0.932. The average Bonchev–Trinajstić information content (AvgIpc) is 2.52. The molecule has 6 nitrogen and oxygen atoms in total. The lowest BCUT2D eigenvalue weighted by molar-refractivity contribution is 0.393. The predicted molar refractivity (Wildman–Crippen MR) is 71.6 cm³/mol. The lowest BCUT2D eigenvalue weighted by atomic mass is 10.1. The maximum absolute atomic E-state index is 12.4. The first-order valence-corrected chi connectivity index (χ1v) is 7.41. The molecule has 0 fully saturated rings. The van der Waals surface area contributed by atoms with Gasteiger partial charge in [0.15, 0.2) is 5.82 Å². The summed E-state index contributed by atoms with van der Waals surface area (Å²) < 4.78 is 27.7. The van der Waals surface area contributed by atoms with Gasteiger partial charge < -0.3 is 5.73 Å². The largest absolute Gasteiger partial charge is 0.381 e. The lowest BCUT2D eigenvalue weighted by Crippen LogP contribution is -2.31. The summed E-state index contributed by atoms with van der Waals surface area (Å²) in [5.74, 6) is 0.369. The normalized spacial score (nSPS) is 14.1. The molecule has 2 N–H and O–H groups in total. The number of nitrogens with zero attached hydrogens (tertiary/aromatic N) is 3. The number of nitrogen functional groups attached to an aromatic ring is 1. The molecular weight excluding hydrogens is 252 g/mol. The molecule has 1 unspecified atom stereocenters. The van der Waals surface area contributed by atoms with E-state index in [-0.39, 0.29) is 10.7 Å². The summed E-state index contributed by atoms with van der Waals surface area (Å²) in [6.45, 7) is 6.24. The highest BCUT2D eigenvalue weighted by Crippen LogP contribution is 2.25. The summed E-state index contributed by atoms with van der Waals surface area (Å²) in [5.41, 5.74) is 6.25. The highest BCUT2D eigenvalue weighted by Gasteiger charge is 2.29. The molecule has 104 valence electrons. The van der Waals surface area contributed by atoms with Crippen LogP contribution in [0.3, 0.4) is 0 Å². The predicted octanol–water partition coefficient (Wildman–Crippen LogP) is 0.977. The summed E-state index contributed by atoms with van der Waals surface area (Å²) >= 11 is 0. The molecule has 0 radical (unpaired) electrons. The number of anilines is 1. The Morgan fingerprint density at radius 3 is 2.44 bits per heavy atom. The monoisotopic (exact) mass is 274 g/mol. The van der Waals surface area contributed by atoms with Gasteiger partial charge in [-0.15, -0.1) is 0 Å². The molecule has 1 aromatic rings. The minimum atomic E-state index is -3.56. The number of sulfonamides is 1. The first kappa shape index (κ1) is 15.0. The molecule has 0 aliphatic heterocycles. The molecule has 0 saturated heterocycles. The second kappa shape index (κ2) is 5.27. The number of hydrogen-bond donors (Lipinski definition) is 1. The van der Waals surface area contributed by atoms with Crippen molar-refractivity contribution < 1.29 is 8.42 Å². The highest BCUT2D eigenvalue weighted by atomic mass is 32.2. The van der Waals surface area contributed by atoms with Gasteiger partial charge in [-0.1, -0.05) is 20.3 Å². The van der Waals surface area contributed by atoms with E-state index in [1.807, 2.05) is 13.8 Å². The van der Waals surface area contributed by atoms with E-state index in [0.29, 0.717) is 18.2 Å². The van der Waals surface area contributed by atoms with Gasteiger partial charge in [-0.25, -0.2) is 12.7 Å². The van der Waals surface area contributed by atoms with Crippen LogP contribution in [-0.4, -0.2) is 36.1 Å². The molecule has 7 heteroatoms. The van der Waals surface area contributed by atoms with Gasteiger partial charge in [0, 0.05) is 20.6 Å². The van der Waals surface area contributed by atoms with Gasteiger partial charge in [0.1, 0.15) is 4.90 Å². The zero-order chi connectivity index (χ0) is 14.1. The topological polar surface area (TPSA) is 81.2 Å². The Morgan fingerprint density at radius 1 is 1.50 bits per heavy atom. The number of nitrogens with two attached hydrogens (primary N) is 1. The highest BCUT2D eigenvalue weighted by molar-refractivity contribution is 7.89. The summed E-state index contributed by atoms with van der Waals surface area (Å²) in [6, 6.07) is 0. The van der Waals surface area contributed by atoms with E-state index in [2.05, 4.69) is 5.10 Å². The van der Waals surface area contributed by atoms with Crippen LogP contribution in [0.1, 0.15) is 26.0 Å². The third-order valence-corrected chi connectivity index (χ3v) is 5.23. The van der Waals surface area contributed by atoms with Crippen molar-refractivity contribution in [3.05, 3.63) is 5.69 Å². The Bertz CT molecular complexity index is 521. The van der Waals surface area contributed by atoms with Crippen LogP contribution in [0.25, 0.3) is 0 Å². The van der Waals surface area contributed by atoms with Gasteiger partial charge in [-0.05, 0) is 12.8 Å². The minimum absolute atomic E-state index is 0.0611. The Balaban J connectivity index is 3.14. The van der Waals surface area contributed by atoms with Gasteiger partial charge in [0.05, 0.1) is 5.69 Å². The third-order valence-electron chi connectivity index (χ3n) is 3.24. The van der Waals surface area contributed by atoms with Crippen molar-refractivity contribution in [3.8, 4) is 0 Å². The maximum atomic E-state index is 12.4. The number of aromatic nitrogens is 2. The van der Waals surface area contributed by atoms with Crippen molar-refractivity contribution >= 4 is 15.8 Å². The Morgan fingerprint density at radius 2 is 2.06 bits per heavy atom. The second-order valence-corrected chi connectivity index (χ2v) is 6.70. The third kappa shape index (κ3) is 2.67. The first-order valence-electron chi connectivity index (χ1n) is 5.97. The Kier molecular flexibility index (Phi) is 4.39.